The number of rotatable bonds is 43. The number of amides is 1. The molecule has 3 N–H and O–H groups in total. The number of nitrogens with one attached hydrogen (secondary N) is 1. The van der Waals surface area contributed by atoms with Gasteiger partial charge in [0.2, 0.25) is 5.91 Å². The van der Waals surface area contributed by atoms with Crippen molar-refractivity contribution >= 4 is 5.91 Å². The number of aliphatic hydroxyl groups excluding tert-OH is 2. The fraction of sp³-hybridized carbons (Fsp3) is 0.542. The van der Waals surface area contributed by atoms with Gasteiger partial charge in [-0.1, -0.05) is 217 Å². The van der Waals surface area contributed by atoms with Gasteiger partial charge in [-0.3, -0.25) is 4.79 Å². The summed E-state index contributed by atoms with van der Waals surface area (Å²) in [5.41, 5.74) is 0. The number of carbonyl (C=O) groups excluding carboxylic acids is 1. The molecule has 0 radical (unpaired) electrons. The third-order valence-electron chi connectivity index (χ3n) is 10.2. The molecule has 0 aliphatic rings. The van der Waals surface area contributed by atoms with Crippen LogP contribution in [-0.4, -0.2) is 34.9 Å². The van der Waals surface area contributed by atoms with E-state index in [1.807, 2.05) is 6.08 Å². The van der Waals surface area contributed by atoms with E-state index in [9.17, 15) is 15.0 Å². The summed E-state index contributed by atoms with van der Waals surface area (Å²) in [5, 5.41) is 23.0. The SMILES string of the molecule is CC/C=C\C/C=C\C/C=C\C/C=C\C/C=C\C/C=C\C/C=C\C/C=C\C/C=C\C/C=C\CCCCC(=O)NC(CO)C(O)/C=C/CC/C=C/CC/C=C/CCCCCCCCCC. The normalized spacial score (nSPS) is 14.3. The predicted molar refractivity (Wildman–Crippen MR) is 280 cm³/mol. The lowest BCUT2D eigenvalue weighted by molar-refractivity contribution is -0.123. The number of aliphatic hydroxyl groups is 2. The van der Waals surface area contributed by atoms with E-state index in [1.54, 1.807) is 6.08 Å². The Morgan fingerprint density at radius 1 is 0.397 bits per heavy atom. The lowest BCUT2D eigenvalue weighted by Gasteiger charge is -2.19. The van der Waals surface area contributed by atoms with Crippen LogP contribution in [0.1, 0.15) is 187 Å². The molecule has 63 heavy (non-hydrogen) atoms. The molecule has 352 valence electrons. The first-order valence-corrected chi connectivity index (χ1v) is 25.2. The van der Waals surface area contributed by atoms with E-state index in [1.165, 1.54) is 57.8 Å². The summed E-state index contributed by atoms with van der Waals surface area (Å²) in [4.78, 5) is 12.4. The Morgan fingerprint density at radius 3 is 1.11 bits per heavy atom. The second-order valence-corrected chi connectivity index (χ2v) is 16.1. The van der Waals surface area contributed by atoms with Crippen LogP contribution in [0.15, 0.2) is 158 Å². The molecule has 4 heteroatoms. The van der Waals surface area contributed by atoms with Gasteiger partial charge >= 0.3 is 0 Å². The first kappa shape index (κ1) is 59.0. The molecule has 0 fully saturated rings. The number of unbranched alkanes of at least 4 members (excludes halogenated alkanes) is 12. The molecular formula is C59H93NO3. The van der Waals surface area contributed by atoms with E-state index in [2.05, 4.69) is 165 Å². The van der Waals surface area contributed by atoms with Gasteiger partial charge in [0, 0.05) is 6.42 Å². The second-order valence-electron chi connectivity index (χ2n) is 16.1. The van der Waals surface area contributed by atoms with E-state index in [-0.39, 0.29) is 12.5 Å². The minimum absolute atomic E-state index is 0.128. The molecule has 0 heterocycles. The van der Waals surface area contributed by atoms with Crippen LogP contribution in [0.3, 0.4) is 0 Å². The molecule has 0 aromatic carbocycles. The Kier molecular flexibility index (Phi) is 49.0. The number of allylic oxidation sites excluding steroid dienone is 25. The van der Waals surface area contributed by atoms with Crippen LogP contribution in [0.2, 0.25) is 0 Å². The average molecular weight is 864 g/mol. The van der Waals surface area contributed by atoms with Crippen LogP contribution in [0.4, 0.5) is 0 Å². The van der Waals surface area contributed by atoms with Crippen molar-refractivity contribution in [3.05, 3.63) is 158 Å². The average Bonchev–Trinajstić information content (AvgIpc) is 3.29. The second kappa shape index (κ2) is 52.4. The fourth-order valence-corrected chi connectivity index (χ4v) is 6.41. The molecule has 4 nitrogen and oxygen atoms in total. The smallest absolute Gasteiger partial charge is 0.220 e. The fourth-order valence-electron chi connectivity index (χ4n) is 6.41. The van der Waals surface area contributed by atoms with Crippen molar-refractivity contribution in [3.8, 4) is 0 Å². The van der Waals surface area contributed by atoms with E-state index in [4.69, 9.17) is 0 Å². The van der Waals surface area contributed by atoms with Gasteiger partial charge in [0.05, 0.1) is 18.8 Å². The zero-order valence-electron chi connectivity index (χ0n) is 40.3. The van der Waals surface area contributed by atoms with Gasteiger partial charge in [-0.2, -0.15) is 0 Å². The minimum Gasteiger partial charge on any atom is -0.394 e. The topological polar surface area (TPSA) is 69.6 Å². The maximum absolute atomic E-state index is 12.4. The highest BCUT2D eigenvalue weighted by atomic mass is 16.3. The van der Waals surface area contributed by atoms with Gasteiger partial charge in [-0.25, -0.2) is 0 Å². The van der Waals surface area contributed by atoms with Crippen molar-refractivity contribution < 1.29 is 15.0 Å². The Balaban J connectivity index is 3.81. The van der Waals surface area contributed by atoms with Crippen LogP contribution < -0.4 is 5.32 Å². The van der Waals surface area contributed by atoms with Crippen molar-refractivity contribution in [1.82, 2.24) is 5.32 Å². The summed E-state index contributed by atoms with van der Waals surface area (Å²) < 4.78 is 0. The quantitative estimate of drug-likeness (QED) is 0.0422. The van der Waals surface area contributed by atoms with Crippen LogP contribution in [0.25, 0.3) is 0 Å². The maximum atomic E-state index is 12.4. The third-order valence-corrected chi connectivity index (χ3v) is 10.2. The maximum Gasteiger partial charge on any atom is 0.220 e. The van der Waals surface area contributed by atoms with Gasteiger partial charge in [0.25, 0.3) is 0 Å². The van der Waals surface area contributed by atoms with Crippen molar-refractivity contribution in [2.45, 2.75) is 199 Å². The predicted octanol–water partition coefficient (Wildman–Crippen LogP) is 16.6. The summed E-state index contributed by atoms with van der Waals surface area (Å²) in [6.07, 6.45) is 85.1. The van der Waals surface area contributed by atoms with Crippen LogP contribution >= 0.6 is 0 Å². The van der Waals surface area contributed by atoms with E-state index in [0.717, 1.165) is 109 Å². The highest BCUT2D eigenvalue weighted by Crippen LogP contribution is 2.10. The lowest BCUT2D eigenvalue weighted by Crippen LogP contribution is -2.45. The number of hydrogen-bond donors (Lipinski definition) is 3. The first-order chi connectivity index (χ1) is 31.2. The molecule has 0 saturated carbocycles. The molecule has 0 saturated heterocycles. The van der Waals surface area contributed by atoms with Gasteiger partial charge < -0.3 is 15.5 Å². The molecule has 0 aliphatic carbocycles. The highest BCUT2D eigenvalue weighted by molar-refractivity contribution is 5.76. The van der Waals surface area contributed by atoms with Gasteiger partial charge in [0.15, 0.2) is 0 Å². The molecule has 1 amide bonds. The minimum atomic E-state index is -0.901. The molecular weight excluding hydrogens is 771 g/mol. The monoisotopic (exact) mass is 864 g/mol. The van der Waals surface area contributed by atoms with E-state index < -0.39 is 12.1 Å². The highest BCUT2D eigenvalue weighted by Gasteiger charge is 2.17. The molecule has 0 spiro atoms. The summed E-state index contributed by atoms with van der Waals surface area (Å²) in [6.45, 7) is 4.14. The summed E-state index contributed by atoms with van der Waals surface area (Å²) in [7, 11) is 0. The van der Waals surface area contributed by atoms with Gasteiger partial charge in [0.1, 0.15) is 0 Å². The molecule has 0 rings (SSSR count). The van der Waals surface area contributed by atoms with Gasteiger partial charge in [-0.05, 0) is 122 Å². The number of hydrogen-bond acceptors (Lipinski definition) is 3. The Labute approximate surface area is 388 Å². The number of carbonyl (C=O) groups is 1. The molecule has 0 aromatic heterocycles. The standard InChI is InChI=1S/C59H93NO3/c1-3-5-7-9-11-13-15-17-19-21-23-24-25-26-27-28-29-30-31-32-33-34-35-36-37-39-41-43-45-47-49-51-53-55-59(63)60-57(56-61)58(62)54-52-50-48-46-44-42-40-38-22-20-18-16-14-12-10-8-6-4-2/h5,7,11,13,17,19,22-24,26-27,29-30,32-33,35-36,38-39,41,44-47,52,54,57-58,61-62H,3-4,6,8-10,12,14-16,18,20-21,25,28,31,34,37,40,42-43,48-51,53,55-56H2,1-2H3,(H,60,63)/b7-5-,13-11-,19-17-,24-23-,27-26-,30-29-,33-32-,36-35-,38-22+,41-39-,46-44+,47-45-,54-52+. The van der Waals surface area contributed by atoms with E-state index >= 15 is 0 Å². The lowest BCUT2D eigenvalue weighted by atomic mass is 10.1. The molecule has 0 aliphatic heterocycles. The van der Waals surface area contributed by atoms with Crippen molar-refractivity contribution in [1.29, 1.82) is 0 Å². The Bertz CT molecular complexity index is 1400. The van der Waals surface area contributed by atoms with Crippen LogP contribution in [0, 0.1) is 0 Å². The third kappa shape index (κ3) is 48.9. The van der Waals surface area contributed by atoms with Crippen molar-refractivity contribution in [2.75, 3.05) is 6.61 Å². The Hall–Kier alpha value is -3.99. The van der Waals surface area contributed by atoms with Gasteiger partial charge in [-0.15, -0.1) is 0 Å². The molecule has 2 atom stereocenters. The largest absolute Gasteiger partial charge is 0.394 e. The summed E-state index contributed by atoms with van der Waals surface area (Å²) >= 11 is 0. The Morgan fingerprint density at radius 2 is 0.714 bits per heavy atom. The summed E-state index contributed by atoms with van der Waals surface area (Å²) in [6, 6.07) is -0.682. The summed E-state index contributed by atoms with van der Waals surface area (Å²) in [5.74, 6) is -0.128. The first-order valence-electron chi connectivity index (χ1n) is 25.2. The van der Waals surface area contributed by atoms with Crippen LogP contribution in [-0.2, 0) is 4.79 Å². The molecule has 2 unspecified atom stereocenters. The molecule has 0 bridgehead atoms. The van der Waals surface area contributed by atoms with Crippen molar-refractivity contribution in [3.63, 3.8) is 0 Å². The van der Waals surface area contributed by atoms with Crippen molar-refractivity contribution in [2.24, 2.45) is 0 Å². The zero-order valence-corrected chi connectivity index (χ0v) is 40.3. The van der Waals surface area contributed by atoms with Crippen LogP contribution in [0.5, 0.6) is 0 Å². The zero-order chi connectivity index (χ0) is 45.6. The molecule has 0 aromatic rings. The van der Waals surface area contributed by atoms with E-state index in [0.29, 0.717) is 6.42 Å².